The van der Waals surface area contributed by atoms with E-state index in [0.29, 0.717) is 5.69 Å². The number of aromatic nitrogens is 6. The molecule has 23 heavy (non-hydrogen) atoms. The summed E-state index contributed by atoms with van der Waals surface area (Å²) >= 11 is 0. The molecule has 0 fully saturated rings. The van der Waals surface area contributed by atoms with Crippen molar-refractivity contribution in [2.24, 2.45) is 0 Å². The fourth-order valence-electron chi connectivity index (χ4n) is 2.18. The standard InChI is InChI=1S/C13H13FN8O/c1-23-9-3-2-8(22-6-17-20-21-22)7(13(9)14)4-12-18-10(15)5-11(16)19-12/h2-3,5-6H,4H2,1H3,(H4,15,16,18,19). The molecule has 0 aliphatic heterocycles. The number of methoxy groups -OCH3 is 1. The Labute approximate surface area is 130 Å². The zero-order valence-electron chi connectivity index (χ0n) is 12.1. The van der Waals surface area contributed by atoms with Crippen LogP contribution >= 0.6 is 0 Å². The van der Waals surface area contributed by atoms with Crippen molar-refractivity contribution in [1.82, 2.24) is 30.2 Å². The normalized spacial score (nSPS) is 10.7. The van der Waals surface area contributed by atoms with Crippen LogP contribution in [0.2, 0.25) is 0 Å². The quantitative estimate of drug-likeness (QED) is 0.705. The lowest BCUT2D eigenvalue weighted by atomic mass is 10.1. The number of hydrogen-bond acceptors (Lipinski definition) is 8. The Morgan fingerprint density at radius 1 is 1.22 bits per heavy atom. The molecule has 0 amide bonds. The lowest BCUT2D eigenvalue weighted by molar-refractivity contribution is 0.384. The summed E-state index contributed by atoms with van der Waals surface area (Å²) in [6.45, 7) is 0. The van der Waals surface area contributed by atoms with Crippen molar-refractivity contribution >= 4 is 11.6 Å². The van der Waals surface area contributed by atoms with E-state index in [0.717, 1.165) is 0 Å². The van der Waals surface area contributed by atoms with E-state index >= 15 is 0 Å². The Hall–Kier alpha value is -3.30. The molecule has 0 atom stereocenters. The molecule has 118 valence electrons. The summed E-state index contributed by atoms with van der Waals surface area (Å²) < 4.78 is 21.0. The summed E-state index contributed by atoms with van der Waals surface area (Å²) in [7, 11) is 1.38. The molecule has 4 N–H and O–H groups in total. The first-order chi connectivity index (χ1) is 11.1. The van der Waals surface area contributed by atoms with Crippen molar-refractivity contribution in [3.63, 3.8) is 0 Å². The Bertz CT molecular complexity index is 816. The molecule has 9 nitrogen and oxygen atoms in total. The number of nitrogens with two attached hydrogens (primary N) is 2. The predicted octanol–water partition coefficient (Wildman–Crippen LogP) is 0.355. The molecule has 2 heterocycles. The number of nitrogens with zero attached hydrogens (tertiary/aromatic N) is 6. The van der Waals surface area contributed by atoms with Gasteiger partial charge in [-0.2, -0.15) is 0 Å². The van der Waals surface area contributed by atoms with Gasteiger partial charge in [0.15, 0.2) is 11.6 Å². The van der Waals surface area contributed by atoms with E-state index < -0.39 is 5.82 Å². The molecule has 0 bridgehead atoms. The van der Waals surface area contributed by atoms with Gasteiger partial charge in [-0.15, -0.1) is 5.10 Å². The Morgan fingerprint density at radius 2 is 1.96 bits per heavy atom. The van der Waals surface area contributed by atoms with Gasteiger partial charge in [-0.1, -0.05) is 0 Å². The van der Waals surface area contributed by atoms with Gasteiger partial charge >= 0.3 is 0 Å². The Morgan fingerprint density at radius 3 is 2.57 bits per heavy atom. The molecule has 3 rings (SSSR count). The molecule has 0 unspecified atom stereocenters. The SMILES string of the molecule is COc1ccc(-n2cnnn2)c(Cc2nc(N)cc(N)n2)c1F. The molecule has 10 heteroatoms. The highest BCUT2D eigenvalue weighted by Gasteiger charge is 2.18. The molecule has 0 saturated heterocycles. The van der Waals surface area contributed by atoms with E-state index in [1.165, 1.54) is 30.3 Å². The molecular formula is C13H13FN8O. The average molecular weight is 316 g/mol. The average Bonchev–Trinajstić information content (AvgIpc) is 3.02. The van der Waals surface area contributed by atoms with Gasteiger partial charge in [-0.05, 0) is 22.6 Å². The number of tetrazole rings is 1. The maximum absolute atomic E-state index is 14.7. The second-order valence-corrected chi connectivity index (χ2v) is 4.64. The third kappa shape index (κ3) is 2.86. The molecule has 0 spiro atoms. The highest BCUT2D eigenvalue weighted by molar-refractivity contribution is 5.49. The fraction of sp³-hybridized carbons (Fsp3) is 0.154. The fourth-order valence-corrected chi connectivity index (χ4v) is 2.18. The Kier molecular flexibility index (Phi) is 3.71. The monoisotopic (exact) mass is 316 g/mol. The Balaban J connectivity index is 2.12. The lowest BCUT2D eigenvalue weighted by Crippen LogP contribution is -2.09. The molecule has 0 saturated carbocycles. The lowest BCUT2D eigenvalue weighted by Gasteiger charge is -2.12. The molecule has 3 aromatic rings. The summed E-state index contributed by atoms with van der Waals surface area (Å²) in [5.41, 5.74) is 12.0. The van der Waals surface area contributed by atoms with Crippen LogP contribution in [0.3, 0.4) is 0 Å². The summed E-state index contributed by atoms with van der Waals surface area (Å²) in [4.78, 5) is 8.13. The minimum absolute atomic E-state index is 0.0491. The van der Waals surface area contributed by atoms with Crippen LogP contribution in [0.1, 0.15) is 11.4 Å². The molecule has 0 radical (unpaired) electrons. The molecular weight excluding hydrogens is 303 g/mol. The smallest absolute Gasteiger partial charge is 0.170 e. The van der Waals surface area contributed by atoms with Gasteiger partial charge in [0.25, 0.3) is 0 Å². The van der Waals surface area contributed by atoms with Crippen molar-refractivity contribution in [3.8, 4) is 11.4 Å². The van der Waals surface area contributed by atoms with E-state index in [4.69, 9.17) is 16.2 Å². The van der Waals surface area contributed by atoms with Crippen LogP contribution < -0.4 is 16.2 Å². The maximum atomic E-state index is 14.7. The second-order valence-electron chi connectivity index (χ2n) is 4.64. The maximum Gasteiger partial charge on any atom is 0.170 e. The van der Waals surface area contributed by atoms with Gasteiger partial charge in [0.1, 0.15) is 23.8 Å². The minimum Gasteiger partial charge on any atom is -0.494 e. The first-order valence-electron chi connectivity index (χ1n) is 6.56. The van der Waals surface area contributed by atoms with Crippen LogP contribution in [0.25, 0.3) is 5.69 Å². The second kappa shape index (κ2) is 5.83. The van der Waals surface area contributed by atoms with Crippen molar-refractivity contribution < 1.29 is 9.13 Å². The molecule has 2 aromatic heterocycles. The zero-order chi connectivity index (χ0) is 16.4. The number of hydrogen-bond donors (Lipinski definition) is 2. The number of rotatable bonds is 4. The van der Waals surface area contributed by atoms with Gasteiger partial charge < -0.3 is 16.2 Å². The van der Waals surface area contributed by atoms with E-state index in [-0.39, 0.29) is 35.2 Å². The summed E-state index contributed by atoms with van der Waals surface area (Å²) in [5.74, 6) is 0.238. The van der Waals surface area contributed by atoms with Gasteiger partial charge in [-0.25, -0.2) is 19.0 Å². The third-order valence-corrected chi connectivity index (χ3v) is 3.15. The first-order valence-corrected chi connectivity index (χ1v) is 6.56. The van der Waals surface area contributed by atoms with Crippen molar-refractivity contribution in [3.05, 3.63) is 41.7 Å². The third-order valence-electron chi connectivity index (χ3n) is 3.15. The number of halogens is 1. The van der Waals surface area contributed by atoms with Crippen LogP contribution in [0, 0.1) is 5.82 Å². The topological polar surface area (TPSA) is 131 Å². The van der Waals surface area contributed by atoms with Gasteiger partial charge in [0.05, 0.1) is 12.8 Å². The van der Waals surface area contributed by atoms with Gasteiger partial charge in [0, 0.05) is 18.1 Å². The summed E-state index contributed by atoms with van der Waals surface area (Å²) in [6, 6.07) is 4.56. The van der Waals surface area contributed by atoms with Crippen LogP contribution in [0.4, 0.5) is 16.0 Å². The molecule has 0 aliphatic rings. The summed E-state index contributed by atoms with van der Waals surface area (Å²) in [5, 5.41) is 10.9. The van der Waals surface area contributed by atoms with Gasteiger partial charge in [0.2, 0.25) is 0 Å². The number of ether oxygens (including phenoxy) is 1. The van der Waals surface area contributed by atoms with Crippen molar-refractivity contribution in [1.29, 1.82) is 0 Å². The van der Waals surface area contributed by atoms with E-state index in [2.05, 4.69) is 25.5 Å². The predicted molar refractivity (Wildman–Crippen MR) is 79.3 cm³/mol. The van der Waals surface area contributed by atoms with Crippen molar-refractivity contribution in [2.45, 2.75) is 6.42 Å². The zero-order valence-corrected chi connectivity index (χ0v) is 12.1. The van der Waals surface area contributed by atoms with E-state index in [1.807, 2.05) is 0 Å². The van der Waals surface area contributed by atoms with Crippen LogP contribution in [0.15, 0.2) is 24.5 Å². The van der Waals surface area contributed by atoms with Crippen LogP contribution in [0.5, 0.6) is 5.75 Å². The highest BCUT2D eigenvalue weighted by atomic mass is 19.1. The van der Waals surface area contributed by atoms with E-state index in [9.17, 15) is 4.39 Å². The first kappa shape index (κ1) is 14.6. The minimum atomic E-state index is -0.551. The molecule has 0 aliphatic carbocycles. The van der Waals surface area contributed by atoms with Gasteiger partial charge in [-0.3, -0.25) is 0 Å². The van der Waals surface area contributed by atoms with Crippen LogP contribution in [-0.2, 0) is 6.42 Å². The van der Waals surface area contributed by atoms with E-state index in [1.54, 1.807) is 6.07 Å². The van der Waals surface area contributed by atoms with Crippen molar-refractivity contribution in [2.75, 3.05) is 18.6 Å². The molecule has 1 aromatic carbocycles. The highest BCUT2D eigenvalue weighted by Crippen LogP contribution is 2.27. The number of benzene rings is 1. The van der Waals surface area contributed by atoms with Crippen LogP contribution in [-0.4, -0.2) is 37.3 Å². The number of nitrogen functional groups attached to an aromatic ring is 2. The number of anilines is 2. The largest absolute Gasteiger partial charge is 0.494 e. The summed E-state index contributed by atoms with van der Waals surface area (Å²) in [6.07, 6.45) is 1.41.